The fourth-order valence-electron chi connectivity index (χ4n) is 5.15. The molecule has 0 saturated heterocycles. The Bertz CT molecular complexity index is 1290. The van der Waals surface area contributed by atoms with Gasteiger partial charge in [-0.05, 0) is 54.5 Å². The van der Waals surface area contributed by atoms with Crippen LogP contribution in [-0.4, -0.2) is 48.5 Å². The van der Waals surface area contributed by atoms with Crippen LogP contribution in [0.15, 0.2) is 49.1 Å². The van der Waals surface area contributed by atoms with E-state index in [1.165, 1.54) is 17.5 Å². The van der Waals surface area contributed by atoms with E-state index in [-0.39, 0.29) is 12.0 Å². The van der Waals surface area contributed by atoms with Gasteiger partial charge in [0.1, 0.15) is 18.1 Å². The van der Waals surface area contributed by atoms with Crippen LogP contribution in [0.5, 0.6) is 0 Å². The van der Waals surface area contributed by atoms with Crippen LogP contribution in [0.2, 0.25) is 0 Å². The zero-order valence-corrected chi connectivity index (χ0v) is 17.6. The van der Waals surface area contributed by atoms with Gasteiger partial charge >= 0.3 is 0 Å². The Kier molecular flexibility index (Phi) is 4.78. The van der Waals surface area contributed by atoms with Crippen molar-refractivity contribution >= 4 is 27.8 Å². The van der Waals surface area contributed by atoms with Gasteiger partial charge in [0, 0.05) is 29.6 Å². The molecule has 0 unspecified atom stereocenters. The van der Waals surface area contributed by atoms with E-state index in [1.807, 2.05) is 16.8 Å². The largest absolute Gasteiger partial charge is 0.390 e. The molecule has 4 atom stereocenters. The lowest BCUT2D eigenvalue weighted by molar-refractivity contribution is 0.00545. The van der Waals surface area contributed by atoms with Gasteiger partial charge < -0.3 is 14.8 Å². The third-order valence-corrected chi connectivity index (χ3v) is 6.91. The van der Waals surface area contributed by atoms with Gasteiger partial charge in [-0.1, -0.05) is 12.1 Å². The molecule has 6 rings (SSSR count). The highest BCUT2D eigenvalue weighted by Crippen LogP contribution is 2.39. The van der Waals surface area contributed by atoms with Gasteiger partial charge in [0.15, 0.2) is 5.82 Å². The summed E-state index contributed by atoms with van der Waals surface area (Å²) in [6, 6.07) is 10.3. The van der Waals surface area contributed by atoms with Crippen LogP contribution in [0.25, 0.3) is 21.9 Å². The quantitative estimate of drug-likeness (QED) is 0.456. The number of pyridine rings is 1. The Balaban J connectivity index is 1.19. The van der Waals surface area contributed by atoms with Gasteiger partial charge in [0.25, 0.3) is 0 Å². The van der Waals surface area contributed by atoms with Gasteiger partial charge in [-0.15, -0.1) is 0 Å². The molecule has 1 fully saturated rings. The highest BCUT2D eigenvalue weighted by molar-refractivity contribution is 5.82. The molecular formula is C24H25N5O3. The van der Waals surface area contributed by atoms with Crippen molar-refractivity contribution in [3.8, 4) is 0 Å². The predicted octanol–water partition coefficient (Wildman–Crippen LogP) is 2.79. The van der Waals surface area contributed by atoms with Gasteiger partial charge in [-0.25, -0.2) is 20.4 Å². The van der Waals surface area contributed by atoms with Crippen molar-refractivity contribution in [3.63, 3.8) is 0 Å². The molecule has 3 aromatic heterocycles. The minimum Gasteiger partial charge on any atom is -0.390 e. The first-order chi connectivity index (χ1) is 15.7. The maximum atomic E-state index is 10.8. The van der Waals surface area contributed by atoms with Crippen LogP contribution in [0.3, 0.4) is 0 Å². The lowest BCUT2D eigenvalue weighted by atomic mass is 9.95. The van der Waals surface area contributed by atoms with Gasteiger partial charge in [-0.2, -0.15) is 0 Å². The molecule has 0 bridgehead atoms. The molecular weight excluding hydrogens is 406 g/mol. The zero-order chi connectivity index (χ0) is 21.7. The molecule has 164 valence electrons. The van der Waals surface area contributed by atoms with E-state index in [0.29, 0.717) is 13.0 Å². The van der Waals surface area contributed by atoms with E-state index in [9.17, 15) is 10.2 Å². The number of hydrogen-bond donors (Lipinski definition) is 3. The first kappa shape index (κ1) is 19.6. The van der Waals surface area contributed by atoms with Gasteiger partial charge in [-0.3, -0.25) is 4.84 Å². The number of aryl methyl sites for hydroxylation is 1. The van der Waals surface area contributed by atoms with Crippen molar-refractivity contribution in [2.45, 2.75) is 43.9 Å². The third kappa shape index (κ3) is 3.31. The van der Waals surface area contributed by atoms with Crippen molar-refractivity contribution < 1.29 is 15.1 Å². The highest BCUT2D eigenvalue weighted by Gasteiger charge is 2.42. The molecule has 3 N–H and O–H groups in total. The Labute approximate surface area is 184 Å². The molecule has 4 heterocycles. The molecule has 0 spiro atoms. The van der Waals surface area contributed by atoms with Crippen molar-refractivity contribution in [2.75, 3.05) is 12.1 Å². The van der Waals surface area contributed by atoms with Crippen LogP contribution in [0, 0.1) is 5.92 Å². The third-order valence-electron chi connectivity index (χ3n) is 6.91. The summed E-state index contributed by atoms with van der Waals surface area (Å²) in [6.45, 7) is 0.653. The molecule has 8 nitrogen and oxygen atoms in total. The number of fused-ring (bicyclic) bond motifs is 3. The van der Waals surface area contributed by atoms with E-state index in [2.05, 4.69) is 39.7 Å². The van der Waals surface area contributed by atoms with Gasteiger partial charge in [0.05, 0.1) is 24.3 Å². The molecule has 4 aromatic rings. The number of nitrogens with one attached hydrogen (secondary N) is 1. The number of anilines is 1. The summed E-state index contributed by atoms with van der Waals surface area (Å²) in [5.74, 6) is 0.803. The molecule has 32 heavy (non-hydrogen) atoms. The summed E-state index contributed by atoms with van der Waals surface area (Å²) >= 11 is 0. The van der Waals surface area contributed by atoms with E-state index in [4.69, 9.17) is 9.82 Å². The Morgan fingerprint density at radius 1 is 1.12 bits per heavy atom. The number of aliphatic hydroxyl groups is 2. The van der Waals surface area contributed by atoms with Crippen LogP contribution in [0.1, 0.15) is 30.0 Å². The average Bonchev–Trinajstić information content (AvgIpc) is 3.37. The maximum absolute atomic E-state index is 10.8. The Hall–Kier alpha value is -3.07. The molecule has 1 aromatic carbocycles. The smallest absolute Gasteiger partial charge is 0.153 e. The van der Waals surface area contributed by atoms with E-state index < -0.39 is 12.2 Å². The fraction of sp³-hybridized carbons (Fsp3) is 0.375. The molecule has 0 amide bonds. The molecule has 2 aliphatic rings. The normalized spacial score (nSPS) is 25.2. The number of nitrogens with zero attached hydrogens (tertiary/aromatic N) is 4. The summed E-state index contributed by atoms with van der Waals surface area (Å²) in [6.07, 6.45) is 6.80. The zero-order valence-electron chi connectivity index (χ0n) is 17.6. The van der Waals surface area contributed by atoms with E-state index in [0.717, 1.165) is 47.0 Å². The Morgan fingerprint density at radius 2 is 2.06 bits per heavy atom. The molecule has 0 radical (unpaired) electrons. The summed E-state index contributed by atoms with van der Waals surface area (Å²) < 4.78 is 1.98. The summed E-state index contributed by atoms with van der Waals surface area (Å²) in [7, 11) is 0. The minimum atomic E-state index is -0.818. The topological polar surface area (TPSA) is 105 Å². The van der Waals surface area contributed by atoms with Crippen LogP contribution < -0.4 is 5.48 Å². The first-order valence-corrected chi connectivity index (χ1v) is 11.1. The molecule has 8 heteroatoms. The van der Waals surface area contributed by atoms with Crippen LogP contribution in [-0.2, 0) is 17.7 Å². The predicted molar refractivity (Wildman–Crippen MR) is 120 cm³/mol. The number of hydrogen-bond acceptors (Lipinski definition) is 7. The van der Waals surface area contributed by atoms with E-state index in [1.54, 1.807) is 6.20 Å². The van der Waals surface area contributed by atoms with Crippen molar-refractivity contribution in [2.24, 2.45) is 5.92 Å². The lowest BCUT2D eigenvalue weighted by Crippen LogP contribution is -2.29. The first-order valence-electron chi connectivity index (χ1n) is 11.1. The molecule has 1 aliphatic heterocycles. The van der Waals surface area contributed by atoms with Gasteiger partial charge in [0.2, 0.25) is 0 Å². The molecule has 1 aliphatic carbocycles. The van der Waals surface area contributed by atoms with Crippen molar-refractivity contribution in [1.82, 2.24) is 19.5 Å². The fourth-order valence-corrected chi connectivity index (χ4v) is 5.15. The lowest BCUT2D eigenvalue weighted by Gasteiger charge is -2.19. The summed E-state index contributed by atoms with van der Waals surface area (Å²) in [4.78, 5) is 18.4. The minimum absolute atomic E-state index is 0.0107. The number of rotatable bonds is 4. The summed E-state index contributed by atoms with van der Waals surface area (Å²) in [5.41, 5.74) is 6.98. The number of benzene rings is 1. The highest BCUT2D eigenvalue weighted by atomic mass is 16.6. The average molecular weight is 431 g/mol. The molecule has 1 saturated carbocycles. The van der Waals surface area contributed by atoms with Crippen LogP contribution >= 0.6 is 0 Å². The standard InChI is InChI=1S/C24H25N5O3/c30-21-16(11-20(22(21)31)29-7-5-18-12-25-13-26-24(18)29)4-2-14-1-3-15-10-17-6-8-32-28-23(17)27-19(15)9-14/h1,3,5,7,9-10,12-13,16,20-22,30-31H,2,4,6,8,11H2,(H,27,28)/t16-,20+,21+,22-/m0/s1. The second-order valence-corrected chi connectivity index (χ2v) is 8.83. The van der Waals surface area contributed by atoms with E-state index >= 15 is 0 Å². The number of aromatic nitrogens is 4. The maximum Gasteiger partial charge on any atom is 0.153 e. The second kappa shape index (κ2) is 7.81. The van der Waals surface area contributed by atoms with Crippen LogP contribution in [0.4, 0.5) is 5.82 Å². The Morgan fingerprint density at radius 3 is 3.00 bits per heavy atom. The monoisotopic (exact) mass is 431 g/mol. The summed E-state index contributed by atoms with van der Waals surface area (Å²) in [5, 5.41) is 23.6. The SMILES string of the molecule is O[C@@H]1[C@@H](CCc2ccc3cc4c(nc3c2)NOCC4)C[C@@H](n2ccc3cncnc32)[C@@H]1O. The van der Waals surface area contributed by atoms with Crippen molar-refractivity contribution in [1.29, 1.82) is 0 Å². The van der Waals surface area contributed by atoms with Crippen molar-refractivity contribution in [3.05, 3.63) is 60.2 Å². The number of aliphatic hydroxyl groups excluding tert-OH is 2. The second-order valence-electron chi connectivity index (χ2n) is 8.83.